The summed E-state index contributed by atoms with van der Waals surface area (Å²) in [4.78, 5) is 21.4. The van der Waals surface area contributed by atoms with Crippen LogP contribution >= 0.6 is 22.7 Å². The molecule has 7 heteroatoms. The Bertz CT molecular complexity index is 857. The molecule has 0 radical (unpaired) electrons. The molecule has 0 bridgehead atoms. The zero-order chi connectivity index (χ0) is 17.1. The molecule has 2 aromatic heterocycles. The van der Waals surface area contributed by atoms with E-state index in [1.165, 1.54) is 22.7 Å². The molecule has 124 valence electrons. The number of hydrogen-bond donors (Lipinski definition) is 1. The molecule has 5 nitrogen and oxygen atoms in total. The molecule has 1 N–H and O–H groups in total. The fourth-order valence-electron chi connectivity index (χ4n) is 2.17. The van der Waals surface area contributed by atoms with Crippen LogP contribution < -0.4 is 10.1 Å². The van der Waals surface area contributed by atoms with Crippen molar-refractivity contribution in [2.75, 3.05) is 5.32 Å². The fourth-order valence-corrected chi connectivity index (χ4v) is 3.56. The van der Waals surface area contributed by atoms with E-state index in [0.29, 0.717) is 22.3 Å². The third-order valence-corrected chi connectivity index (χ3v) is 5.21. The number of aryl methyl sites for hydroxylation is 3. The molecule has 0 saturated carbocycles. The second-order valence-corrected chi connectivity index (χ2v) is 7.35. The van der Waals surface area contributed by atoms with E-state index in [1.807, 2.05) is 38.3 Å². The average Bonchev–Trinajstić information content (AvgIpc) is 3.17. The molecule has 1 amide bonds. The van der Waals surface area contributed by atoms with Crippen molar-refractivity contribution in [2.45, 2.75) is 27.4 Å². The molecule has 3 aromatic rings. The molecule has 0 spiro atoms. The van der Waals surface area contributed by atoms with Crippen molar-refractivity contribution in [1.82, 2.24) is 9.97 Å². The minimum Gasteiger partial charge on any atom is -0.486 e. The van der Waals surface area contributed by atoms with Gasteiger partial charge in [0.2, 0.25) is 0 Å². The van der Waals surface area contributed by atoms with Crippen LogP contribution in [0.15, 0.2) is 29.8 Å². The number of carbonyl (C=O) groups is 1. The highest BCUT2D eigenvalue weighted by Gasteiger charge is 2.16. The van der Waals surface area contributed by atoms with Crippen molar-refractivity contribution in [3.8, 4) is 5.75 Å². The number of carbonyl (C=O) groups excluding carboxylic acids is 1. The van der Waals surface area contributed by atoms with E-state index < -0.39 is 0 Å². The molecular formula is C17H17N3O2S2. The van der Waals surface area contributed by atoms with Gasteiger partial charge in [-0.2, -0.15) is 0 Å². The number of benzene rings is 1. The van der Waals surface area contributed by atoms with Gasteiger partial charge in [-0.1, -0.05) is 12.1 Å². The second kappa shape index (κ2) is 7.11. The first-order valence-electron chi connectivity index (χ1n) is 7.40. The zero-order valence-corrected chi connectivity index (χ0v) is 15.3. The molecule has 0 saturated heterocycles. The number of anilines is 1. The van der Waals surface area contributed by atoms with E-state index in [-0.39, 0.29) is 5.91 Å². The van der Waals surface area contributed by atoms with E-state index in [1.54, 1.807) is 6.20 Å². The SMILES string of the molecule is Cc1ccc(C)c(OCc2nc(C)c(C(=O)Nc3nccs3)s2)c1. The van der Waals surface area contributed by atoms with Crippen molar-refractivity contribution in [2.24, 2.45) is 0 Å². The quantitative estimate of drug-likeness (QED) is 0.735. The summed E-state index contributed by atoms with van der Waals surface area (Å²) in [7, 11) is 0. The number of nitrogens with zero attached hydrogens (tertiary/aromatic N) is 2. The predicted octanol–water partition coefficient (Wildman–Crippen LogP) is 4.36. The highest BCUT2D eigenvalue weighted by atomic mass is 32.1. The summed E-state index contributed by atoms with van der Waals surface area (Å²) in [5.41, 5.74) is 2.93. The van der Waals surface area contributed by atoms with Crippen LogP contribution in [-0.2, 0) is 6.61 Å². The van der Waals surface area contributed by atoms with Gasteiger partial charge in [-0.25, -0.2) is 9.97 Å². The normalized spacial score (nSPS) is 10.6. The number of amides is 1. The number of rotatable bonds is 5. The molecule has 3 rings (SSSR count). The Labute approximate surface area is 148 Å². The molecule has 0 aliphatic carbocycles. The second-order valence-electron chi connectivity index (χ2n) is 5.37. The average molecular weight is 359 g/mol. The van der Waals surface area contributed by atoms with Gasteiger partial charge >= 0.3 is 0 Å². The monoisotopic (exact) mass is 359 g/mol. The Balaban J connectivity index is 1.69. The van der Waals surface area contributed by atoms with Gasteiger partial charge < -0.3 is 4.74 Å². The maximum atomic E-state index is 12.3. The van der Waals surface area contributed by atoms with Crippen molar-refractivity contribution >= 4 is 33.7 Å². The highest BCUT2D eigenvalue weighted by molar-refractivity contribution is 7.15. The van der Waals surface area contributed by atoms with Crippen molar-refractivity contribution < 1.29 is 9.53 Å². The summed E-state index contributed by atoms with van der Waals surface area (Å²) < 4.78 is 5.86. The van der Waals surface area contributed by atoms with E-state index in [0.717, 1.165) is 21.9 Å². The zero-order valence-electron chi connectivity index (χ0n) is 13.6. The van der Waals surface area contributed by atoms with Gasteiger partial charge in [0.1, 0.15) is 22.2 Å². The molecule has 0 fully saturated rings. The number of hydrogen-bond acceptors (Lipinski definition) is 6. The van der Waals surface area contributed by atoms with Gasteiger partial charge in [-0.05, 0) is 38.0 Å². The van der Waals surface area contributed by atoms with Gasteiger partial charge in [0.05, 0.1) is 5.69 Å². The lowest BCUT2D eigenvalue weighted by Gasteiger charge is -2.08. The molecule has 2 heterocycles. The summed E-state index contributed by atoms with van der Waals surface area (Å²) in [6, 6.07) is 6.09. The van der Waals surface area contributed by atoms with E-state index in [2.05, 4.69) is 21.4 Å². The molecule has 0 unspecified atom stereocenters. The summed E-state index contributed by atoms with van der Waals surface area (Å²) in [5, 5.41) is 5.96. The largest absolute Gasteiger partial charge is 0.486 e. The first-order valence-corrected chi connectivity index (χ1v) is 9.10. The summed E-state index contributed by atoms with van der Waals surface area (Å²) in [5.74, 6) is 0.662. The Morgan fingerprint density at radius 1 is 1.29 bits per heavy atom. The van der Waals surface area contributed by atoms with E-state index in [4.69, 9.17) is 4.74 Å². The Morgan fingerprint density at radius 2 is 2.12 bits per heavy atom. The first-order chi connectivity index (χ1) is 11.5. The Morgan fingerprint density at radius 3 is 2.88 bits per heavy atom. The van der Waals surface area contributed by atoms with Gasteiger partial charge in [-0.3, -0.25) is 10.1 Å². The van der Waals surface area contributed by atoms with E-state index >= 15 is 0 Å². The standard InChI is InChI=1S/C17H17N3O2S2/c1-10-4-5-11(2)13(8-10)22-9-14-19-12(3)15(24-14)16(21)20-17-18-6-7-23-17/h4-8H,9H2,1-3H3,(H,18,20,21). The number of thiazole rings is 2. The fraction of sp³-hybridized carbons (Fsp3) is 0.235. The molecule has 24 heavy (non-hydrogen) atoms. The minimum atomic E-state index is -0.182. The van der Waals surface area contributed by atoms with Crippen LogP contribution in [0.5, 0.6) is 5.75 Å². The highest BCUT2D eigenvalue weighted by Crippen LogP contribution is 2.24. The van der Waals surface area contributed by atoms with Gasteiger partial charge in [0.15, 0.2) is 5.13 Å². The van der Waals surface area contributed by atoms with Crippen LogP contribution in [-0.4, -0.2) is 15.9 Å². The maximum absolute atomic E-state index is 12.3. The van der Waals surface area contributed by atoms with Crippen molar-refractivity contribution in [3.05, 3.63) is 56.5 Å². The topological polar surface area (TPSA) is 64.1 Å². The third-order valence-electron chi connectivity index (χ3n) is 3.39. The predicted molar refractivity (Wildman–Crippen MR) is 97.2 cm³/mol. The van der Waals surface area contributed by atoms with Gasteiger partial charge in [-0.15, -0.1) is 22.7 Å². The molecule has 0 atom stereocenters. The van der Waals surface area contributed by atoms with Crippen LogP contribution in [0.25, 0.3) is 0 Å². The Kier molecular flexibility index (Phi) is 4.92. The van der Waals surface area contributed by atoms with Crippen LogP contribution in [0.1, 0.15) is 31.5 Å². The maximum Gasteiger partial charge on any atom is 0.269 e. The van der Waals surface area contributed by atoms with Crippen LogP contribution in [0.3, 0.4) is 0 Å². The summed E-state index contributed by atoms with van der Waals surface area (Å²) in [6.07, 6.45) is 1.66. The third kappa shape index (κ3) is 3.80. The smallest absolute Gasteiger partial charge is 0.269 e. The molecule has 0 aliphatic heterocycles. The lowest BCUT2D eigenvalue weighted by molar-refractivity contribution is 0.103. The van der Waals surface area contributed by atoms with Crippen molar-refractivity contribution in [3.63, 3.8) is 0 Å². The molecule has 1 aromatic carbocycles. The van der Waals surface area contributed by atoms with Crippen LogP contribution in [0, 0.1) is 20.8 Å². The number of aromatic nitrogens is 2. The molecular weight excluding hydrogens is 342 g/mol. The molecule has 0 aliphatic rings. The van der Waals surface area contributed by atoms with Crippen LogP contribution in [0.4, 0.5) is 5.13 Å². The number of nitrogens with one attached hydrogen (secondary N) is 1. The summed E-state index contributed by atoms with van der Waals surface area (Å²) in [6.45, 7) is 6.21. The van der Waals surface area contributed by atoms with Crippen LogP contribution in [0.2, 0.25) is 0 Å². The summed E-state index contributed by atoms with van der Waals surface area (Å²) >= 11 is 2.73. The van der Waals surface area contributed by atoms with Gasteiger partial charge in [0.25, 0.3) is 5.91 Å². The van der Waals surface area contributed by atoms with Gasteiger partial charge in [0, 0.05) is 11.6 Å². The number of ether oxygens (including phenoxy) is 1. The van der Waals surface area contributed by atoms with E-state index in [9.17, 15) is 4.79 Å². The lowest BCUT2D eigenvalue weighted by Crippen LogP contribution is -2.11. The Hall–Kier alpha value is -2.25. The lowest BCUT2D eigenvalue weighted by atomic mass is 10.1. The minimum absolute atomic E-state index is 0.182. The first kappa shape index (κ1) is 16.6. The van der Waals surface area contributed by atoms with Crippen molar-refractivity contribution in [1.29, 1.82) is 0 Å².